The molecule has 0 radical (unpaired) electrons. The molecule has 0 saturated heterocycles. The van der Waals surface area contributed by atoms with E-state index in [0.29, 0.717) is 12.6 Å². The van der Waals surface area contributed by atoms with Crippen LogP contribution in [-0.4, -0.2) is 33.5 Å². The second kappa shape index (κ2) is 5.48. The number of hydrogen-bond donors (Lipinski definition) is 1. The molecule has 18 heavy (non-hydrogen) atoms. The molecule has 2 rings (SSSR count). The molecule has 0 amide bonds. The molecule has 4 nitrogen and oxygen atoms in total. The first-order valence-corrected chi connectivity index (χ1v) is 6.49. The van der Waals surface area contributed by atoms with Crippen molar-refractivity contribution in [2.45, 2.75) is 39.3 Å². The van der Waals surface area contributed by atoms with Gasteiger partial charge in [-0.1, -0.05) is 6.07 Å². The zero-order chi connectivity index (χ0) is 13.1. The minimum Gasteiger partial charge on any atom is -0.477 e. The van der Waals surface area contributed by atoms with E-state index in [9.17, 15) is 4.79 Å². The molecule has 4 heteroatoms. The number of carbonyl (C=O) groups is 1. The summed E-state index contributed by atoms with van der Waals surface area (Å²) in [4.78, 5) is 17.4. The molecule has 1 N–H and O–H groups in total. The Balaban J connectivity index is 2.12. The Morgan fingerprint density at radius 3 is 2.83 bits per heavy atom. The molecule has 1 fully saturated rings. The van der Waals surface area contributed by atoms with Crippen LogP contribution in [0.2, 0.25) is 0 Å². The van der Waals surface area contributed by atoms with Gasteiger partial charge in [0.1, 0.15) is 0 Å². The predicted octanol–water partition coefficient (Wildman–Crippen LogP) is 2.40. The Kier molecular flexibility index (Phi) is 3.97. The van der Waals surface area contributed by atoms with Crippen molar-refractivity contribution in [3.05, 3.63) is 29.6 Å². The molecule has 0 spiro atoms. The van der Waals surface area contributed by atoms with E-state index >= 15 is 0 Å². The lowest BCUT2D eigenvalue weighted by molar-refractivity contribution is 0.0687. The molecule has 1 heterocycles. The van der Waals surface area contributed by atoms with Crippen molar-refractivity contribution >= 4 is 5.97 Å². The Morgan fingerprint density at radius 1 is 1.56 bits per heavy atom. The Hall–Kier alpha value is -1.42. The molecule has 98 valence electrons. The lowest BCUT2D eigenvalue weighted by Crippen LogP contribution is -2.33. The number of carboxylic acid groups (broad SMARTS) is 1. The van der Waals surface area contributed by atoms with Crippen molar-refractivity contribution < 1.29 is 9.90 Å². The summed E-state index contributed by atoms with van der Waals surface area (Å²) in [7, 11) is 0. The standard InChI is InChI=1S/C14H20N2O2/c1-10(2)16(8-11-5-6-11)9-12-4-3-7-15-13(12)14(17)18/h3-4,7,10-11H,5-6,8-9H2,1-2H3,(H,17,18). The van der Waals surface area contributed by atoms with E-state index in [4.69, 9.17) is 5.11 Å². The molecule has 1 aliphatic carbocycles. The summed E-state index contributed by atoms with van der Waals surface area (Å²) in [5.41, 5.74) is 0.985. The Morgan fingerprint density at radius 2 is 2.28 bits per heavy atom. The van der Waals surface area contributed by atoms with E-state index in [1.807, 2.05) is 6.07 Å². The van der Waals surface area contributed by atoms with Gasteiger partial charge < -0.3 is 5.11 Å². The van der Waals surface area contributed by atoms with E-state index in [-0.39, 0.29) is 5.69 Å². The van der Waals surface area contributed by atoms with Crippen molar-refractivity contribution in [1.82, 2.24) is 9.88 Å². The number of rotatable bonds is 6. The molecule has 0 atom stereocenters. The normalized spacial score (nSPS) is 15.3. The predicted molar refractivity (Wildman–Crippen MR) is 69.5 cm³/mol. The number of carboxylic acids is 1. The maximum absolute atomic E-state index is 11.1. The summed E-state index contributed by atoms with van der Waals surface area (Å²) in [5.74, 6) is -0.141. The molecule has 0 unspecified atom stereocenters. The zero-order valence-corrected chi connectivity index (χ0v) is 11.0. The van der Waals surface area contributed by atoms with Crippen LogP contribution in [0, 0.1) is 5.92 Å². The number of aromatic nitrogens is 1. The summed E-state index contributed by atoms with van der Waals surface area (Å²) in [6.07, 6.45) is 4.15. The third kappa shape index (κ3) is 3.29. The highest BCUT2D eigenvalue weighted by molar-refractivity contribution is 5.86. The molecule has 1 aromatic rings. The van der Waals surface area contributed by atoms with Crippen LogP contribution in [0.1, 0.15) is 42.7 Å². The minimum atomic E-state index is -0.944. The summed E-state index contributed by atoms with van der Waals surface area (Å²) < 4.78 is 0. The van der Waals surface area contributed by atoms with Gasteiger partial charge in [-0.15, -0.1) is 0 Å². The van der Waals surface area contributed by atoms with E-state index < -0.39 is 5.97 Å². The number of aromatic carboxylic acids is 1. The van der Waals surface area contributed by atoms with Crippen LogP contribution in [0.25, 0.3) is 0 Å². The maximum Gasteiger partial charge on any atom is 0.354 e. The molecule has 0 bridgehead atoms. The van der Waals surface area contributed by atoms with Gasteiger partial charge in [0.15, 0.2) is 5.69 Å². The van der Waals surface area contributed by atoms with Crippen LogP contribution in [0.4, 0.5) is 0 Å². The van der Waals surface area contributed by atoms with E-state index in [1.54, 1.807) is 6.07 Å². The summed E-state index contributed by atoms with van der Waals surface area (Å²) >= 11 is 0. The van der Waals surface area contributed by atoms with Crippen molar-refractivity contribution in [2.24, 2.45) is 5.92 Å². The van der Waals surface area contributed by atoms with Gasteiger partial charge in [0, 0.05) is 25.3 Å². The Labute approximate surface area is 108 Å². The highest BCUT2D eigenvalue weighted by Crippen LogP contribution is 2.30. The van der Waals surface area contributed by atoms with E-state index in [0.717, 1.165) is 18.0 Å². The smallest absolute Gasteiger partial charge is 0.354 e. The van der Waals surface area contributed by atoms with Gasteiger partial charge in [0.05, 0.1) is 0 Å². The van der Waals surface area contributed by atoms with Crippen molar-refractivity contribution in [3.8, 4) is 0 Å². The third-order valence-corrected chi connectivity index (χ3v) is 3.39. The van der Waals surface area contributed by atoms with Crippen molar-refractivity contribution in [1.29, 1.82) is 0 Å². The maximum atomic E-state index is 11.1. The van der Waals surface area contributed by atoms with Gasteiger partial charge in [-0.3, -0.25) is 4.90 Å². The second-order valence-electron chi connectivity index (χ2n) is 5.28. The van der Waals surface area contributed by atoms with Crippen molar-refractivity contribution in [2.75, 3.05) is 6.54 Å². The average Bonchev–Trinajstić information content (AvgIpc) is 3.12. The average molecular weight is 248 g/mol. The van der Waals surface area contributed by atoms with Gasteiger partial charge in [0.25, 0.3) is 0 Å². The van der Waals surface area contributed by atoms with E-state index in [2.05, 4.69) is 23.7 Å². The third-order valence-electron chi connectivity index (χ3n) is 3.39. The molecule has 0 aliphatic heterocycles. The first-order valence-electron chi connectivity index (χ1n) is 6.49. The Bertz CT molecular complexity index is 428. The number of pyridine rings is 1. The molecule has 1 saturated carbocycles. The number of nitrogens with zero attached hydrogens (tertiary/aromatic N) is 2. The summed E-state index contributed by atoms with van der Waals surface area (Å²) in [5, 5.41) is 9.13. The highest BCUT2D eigenvalue weighted by Gasteiger charge is 2.26. The molecule has 1 aromatic heterocycles. The fraction of sp³-hybridized carbons (Fsp3) is 0.571. The van der Waals surface area contributed by atoms with Crippen LogP contribution in [0.3, 0.4) is 0 Å². The van der Waals surface area contributed by atoms with Gasteiger partial charge in [-0.2, -0.15) is 0 Å². The van der Waals surface area contributed by atoms with Crippen LogP contribution in [0.15, 0.2) is 18.3 Å². The van der Waals surface area contributed by atoms with Gasteiger partial charge in [-0.05, 0) is 44.2 Å². The molecule has 1 aliphatic rings. The molecular weight excluding hydrogens is 228 g/mol. The van der Waals surface area contributed by atoms with E-state index in [1.165, 1.54) is 19.0 Å². The quantitative estimate of drug-likeness (QED) is 0.840. The fourth-order valence-corrected chi connectivity index (χ4v) is 2.07. The largest absolute Gasteiger partial charge is 0.477 e. The van der Waals surface area contributed by atoms with Gasteiger partial charge in [-0.25, -0.2) is 9.78 Å². The number of hydrogen-bond acceptors (Lipinski definition) is 3. The highest BCUT2D eigenvalue weighted by atomic mass is 16.4. The zero-order valence-electron chi connectivity index (χ0n) is 11.0. The minimum absolute atomic E-state index is 0.180. The van der Waals surface area contributed by atoms with Crippen LogP contribution in [0.5, 0.6) is 0 Å². The fourth-order valence-electron chi connectivity index (χ4n) is 2.07. The van der Waals surface area contributed by atoms with Crippen LogP contribution in [-0.2, 0) is 6.54 Å². The summed E-state index contributed by atoms with van der Waals surface area (Å²) in [6.45, 7) is 6.04. The lowest BCUT2D eigenvalue weighted by atomic mass is 10.1. The monoisotopic (exact) mass is 248 g/mol. The lowest BCUT2D eigenvalue weighted by Gasteiger charge is -2.26. The van der Waals surface area contributed by atoms with Gasteiger partial charge >= 0.3 is 5.97 Å². The molecular formula is C14H20N2O2. The first kappa shape index (κ1) is 13.0. The van der Waals surface area contributed by atoms with Crippen molar-refractivity contribution in [3.63, 3.8) is 0 Å². The summed E-state index contributed by atoms with van der Waals surface area (Å²) in [6, 6.07) is 4.09. The SMILES string of the molecule is CC(C)N(Cc1cccnc1C(=O)O)CC1CC1. The first-order chi connectivity index (χ1) is 8.58. The topological polar surface area (TPSA) is 53.4 Å². The molecule has 0 aromatic carbocycles. The second-order valence-corrected chi connectivity index (χ2v) is 5.28. The van der Waals surface area contributed by atoms with Gasteiger partial charge in [0.2, 0.25) is 0 Å². The van der Waals surface area contributed by atoms with Crippen LogP contribution >= 0.6 is 0 Å². The van der Waals surface area contributed by atoms with Crippen LogP contribution < -0.4 is 0 Å².